The second-order valence-electron chi connectivity index (χ2n) is 15.2. The van der Waals surface area contributed by atoms with Crippen LogP contribution in [0.4, 0.5) is 0 Å². The number of benzene rings is 11. The van der Waals surface area contributed by atoms with Crippen molar-refractivity contribution in [2.45, 2.75) is 49.0 Å². The Bertz CT molecular complexity index is 3260. The maximum Gasteiger partial charge on any atom is -0.00261 e. The largest absolute Gasteiger partial charge is 0.0776 e. The zero-order chi connectivity index (χ0) is 44.4. The van der Waals surface area contributed by atoms with Crippen LogP contribution in [-0.2, 0) is 0 Å². The zero-order valence-electron chi connectivity index (χ0n) is 37.9. The summed E-state index contributed by atoms with van der Waals surface area (Å²) in [4.78, 5) is 0. The summed E-state index contributed by atoms with van der Waals surface area (Å²) in [6, 6.07) is 84.6. The second-order valence-corrected chi connectivity index (χ2v) is 15.2. The van der Waals surface area contributed by atoms with Gasteiger partial charge >= 0.3 is 0 Å². The Balaban J connectivity index is 0.000000866. The first-order valence-electron chi connectivity index (χ1n) is 23.1. The lowest BCUT2D eigenvalue weighted by atomic mass is 9.84. The summed E-state index contributed by atoms with van der Waals surface area (Å²) in [5.41, 5.74) is 14.7. The highest BCUT2D eigenvalue weighted by Crippen LogP contribution is 2.46. The molecule has 0 spiro atoms. The van der Waals surface area contributed by atoms with Crippen molar-refractivity contribution in [3.63, 3.8) is 0 Å². The summed E-state index contributed by atoms with van der Waals surface area (Å²) in [6.07, 6.45) is 0. The van der Waals surface area contributed by atoms with E-state index in [9.17, 15) is 0 Å². The first-order chi connectivity index (χ1) is 31.8. The lowest BCUT2D eigenvalue weighted by Gasteiger charge is -2.19. The molecule has 0 aliphatic heterocycles. The lowest BCUT2D eigenvalue weighted by molar-refractivity contribution is 1.50. The molecule has 320 valence electrons. The van der Waals surface area contributed by atoms with E-state index in [1.807, 2.05) is 41.5 Å². The molecule has 65 heavy (non-hydrogen) atoms. The molecule has 11 aromatic rings. The van der Waals surface area contributed by atoms with Gasteiger partial charge in [0, 0.05) is 0 Å². The molecule has 0 aliphatic carbocycles. The number of hydrogen-bond acceptors (Lipinski definition) is 0. The fourth-order valence-electron chi connectivity index (χ4n) is 9.18. The fraction of sp³-hybridized carbons (Fsp3) is 0.108. The Morgan fingerprint density at radius 2 is 0.615 bits per heavy atom. The van der Waals surface area contributed by atoms with Crippen molar-refractivity contribution in [1.29, 1.82) is 0 Å². The molecule has 0 atom stereocenters. The Morgan fingerprint density at radius 1 is 0.200 bits per heavy atom. The molecule has 0 heterocycles. The van der Waals surface area contributed by atoms with E-state index in [1.54, 1.807) is 0 Å². The van der Waals surface area contributed by atoms with E-state index in [-0.39, 0.29) is 7.43 Å². The quantitative estimate of drug-likeness (QED) is 0.146. The Labute approximate surface area is 387 Å². The molecule has 0 aliphatic rings. The average molecular weight is 841 g/mol. The molecule has 11 rings (SSSR count). The molecular weight excluding hydrogens is 781 g/mol. The van der Waals surface area contributed by atoms with Crippen molar-refractivity contribution in [3.8, 4) is 66.8 Å². The minimum atomic E-state index is 0. The third kappa shape index (κ3) is 8.86. The Kier molecular flexibility index (Phi) is 14.8. The number of rotatable bonds is 6. The molecule has 0 unspecified atom stereocenters. The predicted molar refractivity (Wildman–Crippen MR) is 290 cm³/mol. The Hall–Kier alpha value is -7.54. The van der Waals surface area contributed by atoms with Gasteiger partial charge in [-0.25, -0.2) is 0 Å². The lowest BCUT2D eigenvalue weighted by Crippen LogP contribution is -1.93. The molecule has 0 aromatic heterocycles. The van der Waals surface area contributed by atoms with Gasteiger partial charge in [-0.05, 0) is 134 Å². The molecule has 0 N–H and O–H groups in total. The van der Waals surface area contributed by atoms with E-state index in [4.69, 9.17) is 0 Å². The summed E-state index contributed by atoms with van der Waals surface area (Å²) in [7, 11) is 0. The molecule has 0 bridgehead atoms. The third-order valence-electron chi connectivity index (χ3n) is 11.8. The monoisotopic (exact) mass is 840 g/mol. The molecule has 0 fully saturated rings. The van der Waals surface area contributed by atoms with Gasteiger partial charge in [0.1, 0.15) is 0 Å². The van der Waals surface area contributed by atoms with Crippen LogP contribution < -0.4 is 0 Å². The van der Waals surface area contributed by atoms with E-state index in [0.717, 1.165) is 0 Å². The summed E-state index contributed by atoms with van der Waals surface area (Å²) < 4.78 is 0. The molecule has 0 nitrogen and oxygen atoms in total. The number of hydrogen-bond donors (Lipinski definition) is 0. The van der Waals surface area contributed by atoms with Crippen LogP contribution >= 0.6 is 0 Å². The SMILES string of the molecule is C.CC.CC.CC.c1ccc(-c2cccc(-c3cc(-c4ccccc4-c4cccc5ccccc45)c4cc(-c5c6ccccc6c(-c6ccccc6)c6ccccc56)ccc4c3)c2)cc1. The van der Waals surface area contributed by atoms with Crippen molar-refractivity contribution in [1.82, 2.24) is 0 Å². The van der Waals surface area contributed by atoms with Crippen LogP contribution in [-0.4, -0.2) is 0 Å². The molecule has 0 amide bonds. The summed E-state index contributed by atoms with van der Waals surface area (Å²) >= 11 is 0. The van der Waals surface area contributed by atoms with E-state index in [2.05, 4.69) is 231 Å². The van der Waals surface area contributed by atoms with E-state index >= 15 is 0 Å². The van der Waals surface area contributed by atoms with Gasteiger partial charge in [0.2, 0.25) is 0 Å². The van der Waals surface area contributed by atoms with Crippen LogP contribution in [0.15, 0.2) is 231 Å². The molecule has 0 radical (unpaired) electrons. The van der Waals surface area contributed by atoms with Crippen LogP contribution in [0.25, 0.3) is 110 Å². The smallest absolute Gasteiger partial charge is 0.00261 e. The van der Waals surface area contributed by atoms with Gasteiger partial charge in [-0.15, -0.1) is 0 Å². The molecular formula is C65H60. The number of fused-ring (bicyclic) bond motifs is 4. The highest BCUT2D eigenvalue weighted by atomic mass is 14.2. The van der Waals surface area contributed by atoms with Gasteiger partial charge in [0.25, 0.3) is 0 Å². The van der Waals surface area contributed by atoms with Crippen LogP contribution in [0, 0.1) is 0 Å². The summed E-state index contributed by atoms with van der Waals surface area (Å²) in [5, 5.41) is 9.97. The molecule has 0 saturated heterocycles. The van der Waals surface area contributed by atoms with Crippen molar-refractivity contribution >= 4 is 43.1 Å². The average Bonchev–Trinajstić information content (AvgIpc) is 3.39. The predicted octanol–water partition coefficient (Wildman–Crippen LogP) is 20.0. The van der Waals surface area contributed by atoms with Crippen LogP contribution in [0.5, 0.6) is 0 Å². The second kappa shape index (κ2) is 21.2. The minimum absolute atomic E-state index is 0. The maximum absolute atomic E-state index is 2.45. The first-order valence-corrected chi connectivity index (χ1v) is 23.1. The van der Waals surface area contributed by atoms with Crippen LogP contribution in [0.2, 0.25) is 0 Å². The Morgan fingerprint density at radius 3 is 1.22 bits per heavy atom. The van der Waals surface area contributed by atoms with Crippen LogP contribution in [0.1, 0.15) is 49.0 Å². The van der Waals surface area contributed by atoms with E-state index < -0.39 is 0 Å². The van der Waals surface area contributed by atoms with Gasteiger partial charge in [0.15, 0.2) is 0 Å². The van der Waals surface area contributed by atoms with Crippen molar-refractivity contribution in [2.75, 3.05) is 0 Å². The van der Waals surface area contributed by atoms with Gasteiger partial charge in [0.05, 0.1) is 0 Å². The van der Waals surface area contributed by atoms with Crippen molar-refractivity contribution in [2.24, 2.45) is 0 Å². The molecule has 11 aromatic carbocycles. The van der Waals surface area contributed by atoms with Gasteiger partial charge < -0.3 is 0 Å². The van der Waals surface area contributed by atoms with Crippen molar-refractivity contribution in [3.05, 3.63) is 231 Å². The van der Waals surface area contributed by atoms with E-state index in [0.29, 0.717) is 0 Å². The highest BCUT2D eigenvalue weighted by Gasteiger charge is 2.19. The molecule has 0 saturated carbocycles. The third-order valence-corrected chi connectivity index (χ3v) is 11.8. The summed E-state index contributed by atoms with van der Waals surface area (Å²) in [5.74, 6) is 0. The first kappa shape index (κ1) is 45.5. The highest BCUT2D eigenvalue weighted by molar-refractivity contribution is 6.22. The van der Waals surface area contributed by atoms with Crippen molar-refractivity contribution < 1.29 is 0 Å². The van der Waals surface area contributed by atoms with Gasteiger partial charge in [-0.2, -0.15) is 0 Å². The fourth-order valence-corrected chi connectivity index (χ4v) is 9.18. The molecule has 0 heteroatoms. The summed E-state index contributed by atoms with van der Waals surface area (Å²) in [6.45, 7) is 12.0. The normalized spacial score (nSPS) is 10.5. The minimum Gasteiger partial charge on any atom is -0.0776 e. The zero-order valence-corrected chi connectivity index (χ0v) is 37.9. The maximum atomic E-state index is 2.45. The van der Waals surface area contributed by atoms with Gasteiger partial charge in [-0.3, -0.25) is 0 Å². The van der Waals surface area contributed by atoms with E-state index in [1.165, 1.54) is 110 Å². The standard InChI is InChI=1S/C58H38.3C2H6.CH4/c1-3-17-39(18-4-1)42-23-15-24-43(35-42)46-36-44-33-34-45(58-53-30-13-11-28-51(53)57(41-20-5-2-6-21-41)52-29-12-14-31-54(52)58)37-55(44)56(38-46)50-27-10-9-26-49(50)48-32-16-22-40-19-7-8-25-47(40)48;3*1-2;/h1-38H;3*1-2H3;1H4. The van der Waals surface area contributed by atoms with Crippen LogP contribution in [0.3, 0.4) is 0 Å². The topological polar surface area (TPSA) is 0 Å². The van der Waals surface area contributed by atoms with Gasteiger partial charge in [-0.1, -0.05) is 255 Å².